The summed E-state index contributed by atoms with van der Waals surface area (Å²) in [5.41, 5.74) is 1.88. The van der Waals surface area contributed by atoms with Crippen LogP contribution in [0.2, 0.25) is 5.02 Å². The second-order valence-corrected chi connectivity index (χ2v) is 9.07. The van der Waals surface area contributed by atoms with Crippen molar-refractivity contribution < 1.29 is 17.6 Å². The molecule has 5 nitrogen and oxygen atoms in total. The zero-order valence-electron chi connectivity index (χ0n) is 15.5. The van der Waals surface area contributed by atoms with E-state index in [1.807, 2.05) is 13.0 Å². The van der Waals surface area contributed by atoms with Gasteiger partial charge in [-0.15, -0.1) is 0 Å². The van der Waals surface area contributed by atoms with E-state index in [0.717, 1.165) is 5.56 Å². The van der Waals surface area contributed by atoms with E-state index in [-0.39, 0.29) is 23.1 Å². The normalized spacial score (nSPS) is 12.5. The highest BCUT2D eigenvalue weighted by Gasteiger charge is 2.33. The van der Waals surface area contributed by atoms with Crippen molar-refractivity contribution in [1.82, 2.24) is 5.32 Å². The van der Waals surface area contributed by atoms with Crippen LogP contribution in [0.3, 0.4) is 0 Å². The van der Waals surface area contributed by atoms with E-state index in [9.17, 15) is 13.2 Å². The minimum Gasteiger partial charge on any atom is -0.468 e. The monoisotopic (exact) mass is 417 g/mol. The summed E-state index contributed by atoms with van der Waals surface area (Å²) < 4.78 is 32.1. The number of rotatable bonds is 6. The molecule has 1 heterocycles. The van der Waals surface area contributed by atoms with Crippen LogP contribution in [-0.4, -0.2) is 20.9 Å². The van der Waals surface area contributed by atoms with E-state index in [1.54, 1.807) is 55.5 Å². The minimum atomic E-state index is -3.79. The molecule has 0 saturated heterocycles. The van der Waals surface area contributed by atoms with Gasteiger partial charge in [0.1, 0.15) is 11.0 Å². The first-order valence-electron chi connectivity index (χ1n) is 8.67. The first-order chi connectivity index (χ1) is 13.3. The average molecular weight is 418 g/mol. The molecule has 0 spiro atoms. The highest BCUT2D eigenvalue weighted by molar-refractivity contribution is 7.91. The van der Waals surface area contributed by atoms with Crippen molar-refractivity contribution in [3.8, 4) is 0 Å². The highest BCUT2D eigenvalue weighted by Crippen LogP contribution is 2.31. The number of amides is 1. The summed E-state index contributed by atoms with van der Waals surface area (Å²) in [6.07, 6.45) is 1.42. The smallest absolute Gasteiger partial charge is 0.251 e. The van der Waals surface area contributed by atoms with Gasteiger partial charge >= 0.3 is 0 Å². The molecule has 0 unspecified atom stereocenters. The van der Waals surface area contributed by atoms with Gasteiger partial charge in [-0.3, -0.25) is 4.79 Å². The maximum absolute atomic E-state index is 13.4. The average Bonchev–Trinajstić information content (AvgIpc) is 3.18. The van der Waals surface area contributed by atoms with Crippen molar-refractivity contribution in [3.05, 3.63) is 88.3 Å². The molecule has 0 aliphatic carbocycles. The number of carbonyl (C=O) groups is 1. The van der Waals surface area contributed by atoms with E-state index in [0.29, 0.717) is 16.1 Å². The SMILES string of the molecule is Cc1ccc(C)c(S(=O)(=O)[C@H](CNC(=O)c2ccc(Cl)cc2)c2ccco2)c1. The van der Waals surface area contributed by atoms with Gasteiger partial charge in [-0.2, -0.15) is 0 Å². The molecule has 0 fully saturated rings. The Morgan fingerprint density at radius 1 is 1.11 bits per heavy atom. The van der Waals surface area contributed by atoms with Crippen molar-refractivity contribution in [1.29, 1.82) is 0 Å². The molecular weight excluding hydrogens is 398 g/mol. The lowest BCUT2D eigenvalue weighted by Gasteiger charge is -2.18. The molecule has 2 aromatic carbocycles. The Balaban J connectivity index is 1.91. The number of halogens is 1. The van der Waals surface area contributed by atoms with E-state index in [4.69, 9.17) is 16.0 Å². The summed E-state index contributed by atoms with van der Waals surface area (Å²) in [5, 5.41) is 2.17. The lowest BCUT2D eigenvalue weighted by atomic mass is 10.2. The first-order valence-corrected chi connectivity index (χ1v) is 10.6. The van der Waals surface area contributed by atoms with E-state index in [2.05, 4.69) is 5.32 Å². The third kappa shape index (κ3) is 4.29. The largest absolute Gasteiger partial charge is 0.468 e. The third-order valence-electron chi connectivity index (χ3n) is 4.44. The quantitative estimate of drug-likeness (QED) is 0.640. The van der Waals surface area contributed by atoms with Crippen LogP contribution >= 0.6 is 11.6 Å². The van der Waals surface area contributed by atoms with Crippen molar-refractivity contribution in [2.45, 2.75) is 24.0 Å². The molecule has 1 N–H and O–H groups in total. The molecule has 1 atom stereocenters. The molecule has 0 aliphatic rings. The second kappa shape index (κ2) is 8.20. The van der Waals surface area contributed by atoms with Crippen LogP contribution in [0.4, 0.5) is 0 Å². The first kappa shape index (κ1) is 20.2. The van der Waals surface area contributed by atoms with Crippen molar-refractivity contribution in [3.63, 3.8) is 0 Å². The predicted octanol–water partition coefficient (Wildman–Crippen LogP) is 4.49. The zero-order chi connectivity index (χ0) is 20.3. The van der Waals surface area contributed by atoms with Gasteiger partial charge in [-0.25, -0.2) is 8.42 Å². The highest BCUT2D eigenvalue weighted by atomic mass is 35.5. The lowest BCUT2D eigenvalue weighted by Crippen LogP contribution is -2.32. The van der Waals surface area contributed by atoms with Gasteiger partial charge in [0, 0.05) is 17.1 Å². The molecule has 1 amide bonds. The number of sulfone groups is 1. The lowest BCUT2D eigenvalue weighted by molar-refractivity contribution is 0.0953. The van der Waals surface area contributed by atoms with Crippen LogP contribution in [0, 0.1) is 13.8 Å². The number of furan rings is 1. The fourth-order valence-corrected chi connectivity index (χ4v) is 4.94. The number of aryl methyl sites for hydroxylation is 2. The molecular formula is C21H20ClNO4S. The van der Waals surface area contributed by atoms with Gasteiger partial charge in [-0.1, -0.05) is 23.7 Å². The van der Waals surface area contributed by atoms with Crippen molar-refractivity contribution in [2.75, 3.05) is 6.54 Å². The minimum absolute atomic E-state index is 0.120. The van der Waals surface area contributed by atoms with Gasteiger partial charge in [0.15, 0.2) is 9.84 Å². The Labute approximate surface area is 169 Å². The summed E-state index contributed by atoms with van der Waals surface area (Å²) in [6, 6.07) is 14.9. The topological polar surface area (TPSA) is 76.4 Å². The van der Waals surface area contributed by atoms with E-state index >= 15 is 0 Å². The molecule has 1 aromatic heterocycles. The molecule has 0 aliphatic heterocycles. The number of carbonyl (C=O) groups excluding carboxylic acids is 1. The Morgan fingerprint density at radius 2 is 1.82 bits per heavy atom. The van der Waals surface area contributed by atoms with Crippen LogP contribution in [0.1, 0.15) is 32.5 Å². The van der Waals surface area contributed by atoms with Gasteiger partial charge in [0.2, 0.25) is 0 Å². The number of benzene rings is 2. The van der Waals surface area contributed by atoms with Crippen LogP contribution in [0.15, 0.2) is 70.2 Å². The number of hydrogen-bond acceptors (Lipinski definition) is 4. The molecule has 0 bridgehead atoms. The fraction of sp³-hybridized carbons (Fsp3) is 0.190. The van der Waals surface area contributed by atoms with E-state index < -0.39 is 15.1 Å². The molecule has 146 valence electrons. The van der Waals surface area contributed by atoms with Crippen molar-refractivity contribution >= 4 is 27.3 Å². The van der Waals surface area contributed by atoms with Gasteiger partial charge in [-0.05, 0) is 67.4 Å². The molecule has 3 rings (SSSR count). The summed E-state index contributed by atoms with van der Waals surface area (Å²) >= 11 is 5.84. The Bertz CT molecular complexity index is 1070. The maximum atomic E-state index is 13.4. The number of nitrogens with one attached hydrogen (secondary N) is 1. The molecule has 7 heteroatoms. The number of hydrogen-bond donors (Lipinski definition) is 1. The van der Waals surface area contributed by atoms with Crippen LogP contribution < -0.4 is 5.32 Å². The van der Waals surface area contributed by atoms with Gasteiger partial charge in [0.05, 0.1) is 11.2 Å². The summed E-state index contributed by atoms with van der Waals surface area (Å²) in [6.45, 7) is 3.46. The molecule has 28 heavy (non-hydrogen) atoms. The van der Waals surface area contributed by atoms with Crippen molar-refractivity contribution in [2.24, 2.45) is 0 Å². The van der Waals surface area contributed by atoms with Crippen LogP contribution in [0.5, 0.6) is 0 Å². The van der Waals surface area contributed by atoms with Gasteiger partial charge in [0.25, 0.3) is 5.91 Å². The Kier molecular flexibility index (Phi) is 5.91. The Morgan fingerprint density at radius 3 is 2.46 bits per heavy atom. The van der Waals surface area contributed by atoms with Crippen LogP contribution in [0.25, 0.3) is 0 Å². The second-order valence-electron chi connectivity index (χ2n) is 6.53. The summed E-state index contributed by atoms with van der Waals surface area (Å²) in [5.74, 6) is -0.110. The fourth-order valence-electron chi connectivity index (χ4n) is 2.89. The third-order valence-corrected chi connectivity index (χ3v) is 6.89. The molecule has 0 radical (unpaired) electrons. The Hall–Kier alpha value is -2.57. The zero-order valence-corrected chi connectivity index (χ0v) is 17.0. The predicted molar refractivity (Wildman–Crippen MR) is 108 cm³/mol. The summed E-state index contributed by atoms with van der Waals surface area (Å²) in [7, 11) is -3.79. The van der Waals surface area contributed by atoms with E-state index in [1.165, 1.54) is 6.26 Å². The maximum Gasteiger partial charge on any atom is 0.251 e. The van der Waals surface area contributed by atoms with Gasteiger partial charge < -0.3 is 9.73 Å². The molecule has 3 aromatic rings. The standard InChI is InChI=1S/C21H20ClNO4S/c1-14-5-6-15(2)19(12-14)28(25,26)20(18-4-3-11-27-18)13-23-21(24)16-7-9-17(22)10-8-16/h3-12,20H,13H2,1-2H3,(H,23,24)/t20-/m1/s1. The summed E-state index contributed by atoms with van der Waals surface area (Å²) in [4.78, 5) is 12.7. The molecule has 0 saturated carbocycles. The van der Waals surface area contributed by atoms with Crippen LogP contribution in [-0.2, 0) is 9.84 Å².